The summed E-state index contributed by atoms with van der Waals surface area (Å²) in [5, 5.41) is 9.58. The van der Waals surface area contributed by atoms with Crippen LogP contribution in [0, 0.1) is 0 Å². The summed E-state index contributed by atoms with van der Waals surface area (Å²) in [7, 11) is 2.02. The first-order chi connectivity index (χ1) is 6.56. The third-order valence-electron chi connectivity index (χ3n) is 2.39. The predicted octanol–water partition coefficient (Wildman–Crippen LogP) is 2.68. The summed E-state index contributed by atoms with van der Waals surface area (Å²) in [6.07, 6.45) is 0. The summed E-state index contributed by atoms with van der Waals surface area (Å²) in [5.41, 5.74) is 1.84. The summed E-state index contributed by atoms with van der Waals surface area (Å²) in [5.74, 6) is 0. The average Bonchev–Trinajstić information content (AvgIpc) is 2.16. The molecule has 0 fully saturated rings. The van der Waals surface area contributed by atoms with E-state index < -0.39 is 0 Å². The maximum atomic E-state index is 8.96. The fourth-order valence-corrected chi connectivity index (χ4v) is 1.42. The topological polar surface area (TPSA) is 23.5 Å². The van der Waals surface area contributed by atoms with Crippen LogP contribution in [0.4, 0.5) is 5.69 Å². The highest BCUT2D eigenvalue weighted by Gasteiger charge is 2.07. The van der Waals surface area contributed by atoms with Gasteiger partial charge in [-0.2, -0.15) is 0 Å². The lowest BCUT2D eigenvalue weighted by molar-refractivity contribution is 0.282. The van der Waals surface area contributed by atoms with Crippen LogP contribution in [-0.4, -0.2) is 18.2 Å². The van der Waals surface area contributed by atoms with E-state index in [2.05, 4.69) is 18.7 Å². The molecule has 2 nitrogen and oxygen atoms in total. The number of rotatable bonds is 3. The minimum atomic E-state index is -0.00942. The zero-order valence-electron chi connectivity index (χ0n) is 8.79. The number of aliphatic hydroxyl groups is 1. The maximum absolute atomic E-state index is 8.96. The number of anilines is 1. The first-order valence-electron chi connectivity index (χ1n) is 4.68. The standard InChI is InChI=1S/C11H16ClNO/c1-8(2)13(3)10-5-4-9(7-14)11(12)6-10/h4-6,8,14H,7H2,1-3H3. The third kappa shape index (κ3) is 2.40. The summed E-state index contributed by atoms with van der Waals surface area (Å²) >= 11 is 5.99. The van der Waals surface area contributed by atoms with Crippen molar-refractivity contribution >= 4 is 17.3 Å². The first kappa shape index (κ1) is 11.3. The minimum absolute atomic E-state index is 0.00942. The summed E-state index contributed by atoms with van der Waals surface area (Å²) in [6, 6.07) is 6.15. The fourth-order valence-electron chi connectivity index (χ4n) is 1.18. The molecule has 1 aromatic rings. The number of nitrogens with zero attached hydrogens (tertiary/aromatic N) is 1. The molecule has 14 heavy (non-hydrogen) atoms. The smallest absolute Gasteiger partial charge is 0.0696 e. The largest absolute Gasteiger partial charge is 0.392 e. The van der Waals surface area contributed by atoms with Crippen molar-refractivity contribution in [2.75, 3.05) is 11.9 Å². The normalized spacial score (nSPS) is 10.7. The Morgan fingerprint density at radius 1 is 1.43 bits per heavy atom. The first-order valence-corrected chi connectivity index (χ1v) is 5.06. The van der Waals surface area contributed by atoms with Crippen molar-refractivity contribution in [2.24, 2.45) is 0 Å². The van der Waals surface area contributed by atoms with Crippen molar-refractivity contribution in [3.8, 4) is 0 Å². The van der Waals surface area contributed by atoms with Gasteiger partial charge in [0.25, 0.3) is 0 Å². The van der Waals surface area contributed by atoms with Crippen LogP contribution < -0.4 is 4.90 Å². The van der Waals surface area contributed by atoms with Gasteiger partial charge < -0.3 is 10.0 Å². The summed E-state index contributed by atoms with van der Waals surface area (Å²) in [6.45, 7) is 4.23. The van der Waals surface area contributed by atoms with E-state index in [0.29, 0.717) is 11.1 Å². The van der Waals surface area contributed by atoms with Crippen molar-refractivity contribution in [2.45, 2.75) is 26.5 Å². The van der Waals surface area contributed by atoms with Crippen LogP contribution >= 0.6 is 11.6 Å². The van der Waals surface area contributed by atoms with E-state index in [1.54, 1.807) is 0 Å². The SMILES string of the molecule is CC(C)N(C)c1ccc(CO)c(Cl)c1. The van der Waals surface area contributed by atoms with Crippen LogP contribution in [0.15, 0.2) is 18.2 Å². The van der Waals surface area contributed by atoms with Gasteiger partial charge in [-0.25, -0.2) is 0 Å². The molecule has 78 valence electrons. The molecule has 0 saturated carbocycles. The lowest BCUT2D eigenvalue weighted by Gasteiger charge is -2.24. The van der Waals surface area contributed by atoms with Crippen LogP contribution in [0.3, 0.4) is 0 Å². The lowest BCUT2D eigenvalue weighted by Crippen LogP contribution is -2.25. The van der Waals surface area contributed by atoms with Crippen molar-refractivity contribution in [1.29, 1.82) is 0 Å². The van der Waals surface area contributed by atoms with Crippen molar-refractivity contribution < 1.29 is 5.11 Å². The molecule has 0 atom stereocenters. The Balaban J connectivity index is 2.96. The van der Waals surface area contributed by atoms with Crippen molar-refractivity contribution in [3.63, 3.8) is 0 Å². The Kier molecular flexibility index (Phi) is 3.78. The highest BCUT2D eigenvalue weighted by molar-refractivity contribution is 6.31. The van der Waals surface area contributed by atoms with Crippen LogP contribution in [0.1, 0.15) is 19.4 Å². The quantitative estimate of drug-likeness (QED) is 0.835. The monoisotopic (exact) mass is 213 g/mol. The molecule has 1 rings (SSSR count). The summed E-state index contributed by atoms with van der Waals surface area (Å²) < 4.78 is 0. The van der Waals surface area contributed by atoms with E-state index in [0.717, 1.165) is 11.3 Å². The molecule has 0 saturated heterocycles. The van der Waals surface area contributed by atoms with E-state index in [-0.39, 0.29) is 6.61 Å². The maximum Gasteiger partial charge on any atom is 0.0696 e. The lowest BCUT2D eigenvalue weighted by atomic mass is 10.2. The van der Waals surface area contributed by atoms with Crippen LogP contribution in [0.25, 0.3) is 0 Å². The Hall–Kier alpha value is -0.730. The molecule has 0 amide bonds. The van der Waals surface area contributed by atoms with E-state index >= 15 is 0 Å². The molecule has 0 unspecified atom stereocenters. The van der Waals surface area contributed by atoms with Gasteiger partial charge in [0.05, 0.1) is 6.61 Å². The van der Waals surface area contributed by atoms with Crippen LogP contribution in [-0.2, 0) is 6.61 Å². The second kappa shape index (κ2) is 4.67. The van der Waals surface area contributed by atoms with Gasteiger partial charge in [-0.15, -0.1) is 0 Å². The number of hydrogen-bond donors (Lipinski definition) is 1. The molecule has 0 aliphatic carbocycles. The Morgan fingerprint density at radius 2 is 2.07 bits per heavy atom. The van der Waals surface area contributed by atoms with Gasteiger partial charge in [-0.05, 0) is 31.5 Å². The van der Waals surface area contributed by atoms with Gasteiger partial charge in [0.15, 0.2) is 0 Å². The third-order valence-corrected chi connectivity index (χ3v) is 2.74. The number of benzene rings is 1. The molecule has 0 spiro atoms. The molecule has 0 aromatic heterocycles. The van der Waals surface area contributed by atoms with Gasteiger partial charge in [0, 0.05) is 23.8 Å². The molecule has 1 N–H and O–H groups in total. The van der Waals surface area contributed by atoms with Crippen LogP contribution in [0.5, 0.6) is 0 Å². The molecule has 0 aliphatic heterocycles. The molecule has 3 heteroatoms. The van der Waals surface area contributed by atoms with Gasteiger partial charge in [0.1, 0.15) is 0 Å². The van der Waals surface area contributed by atoms with Crippen molar-refractivity contribution in [1.82, 2.24) is 0 Å². The average molecular weight is 214 g/mol. The predicted molar refractivity (Wildman–Crippen MR) is 60.9 cm³/mol. The minimum Gasteiger partial charge on any atom is -0.392 e. The molecule has 0 aliphatic rings. The zero-order chi connectivity index (χ0) is 10.7. The van der Waals surface area contributed by atoms with E-state index in [1.165, 1.54) is 0 Å². The van der Waals surface area contributed by atoms with Gasteiger partial charge in [-0.1, -0.05) is 17.7 Å². The molecular weight excluding hydrogens is 198 g/mol. The van der Waals surface area contributed by atoms with Crippen molar-refractivity contribution in [3.05, 3.63) is 28.8 Å². The van der Waals surface area contributed by atoms with Crippen LogP contribution in [0.2, 0.25) is 5.02 Å². The Labute approximate surface area is 90.1 Å². The van der Waals surface area contributed by atoms with E-state index in [4.69, 9.17) is 16.7 Å². The second-order valence-electron chi connectivity index (χ2n) is 3.64. The zero-order valence-corrected chi connectivity index (χ0v) is 9.54. The fraction of sp³-hybridized carbons (Fsp3) is 0.455. The Bertz CT molecular complexity index is 312. The molecule has 0 radical (unpaired) electrons. The van der Waals surface area contributed by atoms with E-state index in [9.17, 15) is 0 Å². The molecular formula is C11H16ClNO. The number of hydrogen-bond acceptors (Lipinski definition) is 2. The van der Waals surface area contributed by atoms with Gasteiger partial charge in [0.2, 0.25) is 0 Å². The number of halogens is 1. The molecule has 1 aromatic carbocycles. The highest BCUT2D eigenvalue weighted by Crippen LogP contribution is 2.24. The highest BCUT2D eigenvalue weighted by atomic mass is 35.5. The summed E-state index contributed by atoms with van der Waals surface area (Å²) in [4.78, 5) is 2.13. The van der Waals surface area contributed by atoms with Gasteiger partial charge in [-0.3, -0.25) is 0 Å². The second-order valence-corrected chi connectivity index (χ2v) is 4.05. The van der Waals surface area contributed by atoms with E-state index in [1.807, 2.05) is 25.2 Å². The number of aliphatic hydroxyl groups excluding tert-OH is 1. The Morgan fingerprint density at radius 3 is 2.50 bits per heavy atom. The molecule has 0 heterocycles. The molecule has 0 bridgehead atoms. The van der Waals surface area contributed by atoms with Gasteiger partial charge >= 0.3 is 0 Å².